The van der Waals surface area contributed by atoms with Crippen molar-refractivity contribution in [3.63, 3.8) is 0 Å². The molecule has 2 rings (SSSR count). The number of ether oxygens (including phenoxy) is 2. The maximum Gasteiger partial charge on any atom is 0.335 e. The Balaban J connectivity index is 1.80. The van der Waals surface area contributed by atoms with E-state index in [4.69, 9.17) is 9.47 Å². The fourth-order valence-corrected chi connectivity index (χ4v) is 2.59. The number of carbonyl (C=O) groups excluding carboxylic acids is 3. The van der Waals surface area contributed by atoms with Gasteiger partial charge in [-0.15, -0.1) is 6.58 Å². The Morgan fingerprint density at radius 1 is 1.14 bits per heavy atom. The van der Waals surface area contributed by atoms with Gasteiger partial charge in [0.25, 0.3) is 11.8 Å². The summed E-state index contributed by atoms with van der Waals surface area (Å²) in [4.78, 5) is 39.2. The van der Waals surface area contributed by atoms with Gasteiger partial charge >= 0.3 is 5.97 Å². The summed E-state index contributed by atoms with van der Waals surface area (Å²) in [5.41, 5.74) is 0.0427. The number of nitrogens with zero attached hydrogens (tertiary/aromatic N) is 2. The summed E-state index contributed by atoms with van der Waals surface area (Å²) in [7, 11) is 0. The Hall–Kier alpha value is -2.81. The predicted octanol–water partition coefficient (Wildman–Crippen LogP) is 1.38. The molecule has 1 aliphatic rings. The maximum absolute atomic E-state index is 13.3. The zero-order valence-corrected chi connectivity index (χ0v) is 15.5. The van der Waals surface area contributed by atoms with E-state index in [1.807, 2.05) is 0 Å². The molecule has 0 radical (unpaired) electrons. The molecule has 1 unspecified atom stereocenters. The minimum absolute atomic E-state index is 0.0427. The van der Waals surface area contributed by atoms with Crippen LogP contribution in [0.4, 0.5) is 8.78 Å². The van der Waals surface area contributed by atoms with Crippen molar-refractivity contribution in [1.82, 2.24) is 9.80 Å². The van der Waals surface area contributed by atoms with Crippen LogP contribution in [0.1, 0.15) is 17.3 Å². The van der Waals surface area contributed by atoms with Gasteiger partial charge in [0, 0.05) is 31.7 Å². The first kappa shape index (κ1) is 21.5. The number of carbonyl (C=O) groups is 3. The van der Waals surface area contributed by atoms with Crippen molar-refractivity contribution >= 4 is 17.8 Å². The minimum Gasteiger partial charge on any atom is -0.454 e. The molecule has 0 saturated carbocycles. The lowest BCUT2D eigenvalue weighted by atomic mass is 10.1. The number of hydrogen-bond donors (Lipinski definition) is 0. The summed E-state index contributed by atoms with van der Waals surface area (Å²) in [6.45, 7) is 5.71. The zero-order chi connectivity index (χ0) is 20.7. The van der Waals surface area contributed by atoms with Crippen LogP contribution in [0.15, 0.2) is 30.9 Å². The number of amides is 2. The van der Waals surface area contributed by atoms with E-state index < -0.39 is 36.2 Å². The standard InChI is InChI=1S/C19H22F2N2O5/c1-3-10-27-13(2)19(26)28-12-17(24)22-6-8-23(9-7-22)18(25)14-4-5-15(20)16(21)11-14/h3-5,11,13H,1,6-10,12H2,2H3. The third kappa shape index (κ3) is 5.59. The number of piperazine rings is 1. The molecule has 0 aromatic heterocycles. The van der Waals surface area contributed by atoms with Crippen LogP contribution in [0.5, 0.6) is 0 Å². The van der Waals surface area contributed by atoms with E-state index in [1.54, 1.807) is 0 Å². The number of rotatable bonds is 7. The van der Waals surface area contributed by atoms with Gasteiger partial charge < -0.3 is 19.3 Å². The molecule has 2 amide bonds. The first-order valence-corrected chi connectivity index (χ1v) is 8.74. The molecule has 0 aliphatic carbocycles. The summed E-state index contributed by atoms with van der Waals surface area (Å²) in [6.07, 6.45) is 0.687. The molecule has 1 aromatic rings. The third-order valence-corrected chi connectivity index (χ3v) is 4.22. The van der Waals surface area contributed by atoms with Crippen molar-refractivity contribution < 1.29 is 32.6 Å². The Morgan fingerprint density at radius 2 is 1.79 bits per heavy atom. The molecular formula is C19H22F2N2O5. The average molecular weight is 396 g/mol. The molecular weight excluding hydrogens is 374 g/mol. The van der Waals surface area contributed by atoms with Crippen LogP contribution >= 0.6 is 0 Å². The van der Waals surface area contributed by atoms with Crippen molar-refractivity contribution in [2.24, 2.45) is 0 Å². The van der Waals surface area contributed by atoms with Gasteiger partial charge in [-0.25, -0.2) is 13.6 Å². The summed E-state index contributed by atoms with van der Waals surface area (Å²) >= 11 is 0. The van der Waals surface area contributed by atoms with Crippen LogP contribution in [0.25, 0.3) is 0 Å². The summed E-state index contributed by atoms with van der Waals surface area (Å²) in [5.74, 6) is -3.59. The second kappa shape index (κ2) is 9.93. The van der Waals surface area contributed by atoms with Gasteiger partial charge in [0.2, 0.25) is 0 Å². The molecule has 152 valence electrons. The largest absolute Gasteiger partial charge is 0.454 e. The van der Waals surface area contributed by atoms with E-state index in [0.29, 0.717) is 0 Å². The van der Waals surface area contributed by atoms with Crippen molar-refractivity contribution in [3.8, 4) is 0 Å². The first-order valence-electron chi connectivity index (χ1n) is 8.74. The molecule has 9 heteroatoms. The van der Waals surface area contributed by atoms with Gasteiger partial charge in [0.15, 0.2) is 24.3 Å². The maximum atomic E-state index is 13.3. The monoisotopic (exact) mass is 396 g/mol. The Bertz CT molecular complexity index is 748. The smallest absolute Gasteiger partial charge is 0.335 e. The molecule has 0 N–H and O–H groups in total. The molecule has 7 nitrogen and oxygen atoms in total. The predicted molar refractivity (Wildman–Crippen MR) is 95.4 cm³/mol. The van der Waals surface area contributed by atoms with Crippen LogP contribution in [0.2, 0.25) is 0 Å². The van der Waals surface area contributed by atoms with E-state index in [0.717, 1.165) is 12.1 Å². The topological polar surface area (TPSA) is 76.2 Å². The zero-order valence-electron chi connectivity index (χ0n) is 15.5. The van der Waals surface area contributed by atoms with Gasteiger partial charge in [-0.3, -0.25) is 9.59 Å². The fourth-order valence-electron chi connectivity index (χ4n) is 2.59. The molecule has 0 spiro atoms. The van der Waals surface area contributed by atoms with Crippen molar-refractivity contribution in [2.45, 2.75) is 13.0 Å². The second-order valence-electron chi connectivity index (χ2n) is 6.17. The van der Waals surface area contributed by atoms with Crippen molar-refractivity contribution in [1.29, 1.82) is 0 Å². The van der Waals surface area contributed by atoms with E-state index in [2.05, 4.69) is 6.58 Å². The van der Waals surface area contributed by atoms with E-state index in [-0.39, 0.29) is 44.3 Å². The van der Waals surface area contributed by atoms with Crippen LogP contribution in [-0.2, 0) is 19.1 Å². The Kier molecular flexibility index (Phi) is 7.62. The molecule has 1 aliphatic heterocycles. The summed E-state index contributed by atoms with van der Waals surface area (Å²) in [5, 5.41) is 0. The van der Waals surface area contributed by atoms with Crippen molar-refractivity contribution in [2.75, 3.05) is 39.4 Å². The normalized spacial score (nSPS) is 15.1. The highest BCUT2D eigenvalue weighted by atomic mass is 19.2. The lowest BCUT2D eigenvalue weighted by Gasteiger charge is -2.34. The van der Waals surface area contributed by atoms with Gasteiger partial charge in [-0.2, -0.15) is 0 Å². The fraction of sp³-hybridized carbons (Fsp3) is 0.421. The second-order valence-corrected chi connectivity index (χ2v) is 6.17. The first-order chi connectivity index (χ1) is 13.3. The molecule has 28 heavy (non-hydrogen) atoms. The number of hydrogen-bond acceptors (Lipinski definition) is 5. The van der Waals surface area contributed by atoms with Gasteiger partial charge in [0.1, 0.15) is 0 Å². The van der Waals surface area contributed by atoms with E-state index in [1.165, 1.54) is 28.9 Å². The van der Waals surface area contributed by atoms with Gasteiger partial charge in [0.05, 0.1) is 6.61 Å². The van der Waals surface area contributed by atoms with Crippen LogP contribution in [0, 0.1) is 11.6 Å². The number of halogens is 2. The quantitative estimate of drug-likeness (QED) is 0.514. The molecule has 0 bridgehead atoms. The van der Waals surface area contributed by atoms with Gasteiger partial charge in [-0.1, -0.05) is 6.08 Å². The Morgan fingerprint density at radius 3 is 2.39 bits per heavy atom. The van der Waals surface area contributed by atoms with E-state index in [9.17, 15) is 23.2 Å². The number of benzene rings is 1. The minimum atomic E-state index is -1.09. The van der Waals surface area contributed by atoms with Crippen LogP contribution in [0.3, 0.4) is 0 Å². The summed E-state index contributed by atoms with van der Waals surface area (Å²) < 4.78 is 36.3. The lowest BCUT2D eigenvalue weighted by molar-refractivity contribution is -0.161. The highest BCUT2D eigenvalue weighted by molar-refractivity contribution is 5.94. The highest BCUT2D eigenvalue weighted by Gasteiger charge is 2.26. The lowest BCUT2D eigenvalue weighted by Crippen LogP contribution is -2.51. The molecule has 1 fully saturated rings. The summed E-state index contributed by atoms with van der Waals surface area (Å²) in [6, 6.07) is 2.97. The molecule has 1 heterocycles. The van der Waals surface area contributed by atoms with Crippen molar-refractivity contribution in [3.05, 3.63) is 48.1 Å². The highest BCUT2D eigenvalue weighted by Crippen LogP contribution is 2.13. The van der Waals surface area contributed by atoms with E-state index >= 15 is 0 Å². The molecule has 1 saturated heterocycles. The third-order valence-electron chi connectivity index (χ3n) is 4.22. The molecule has 1 atom stereocenters. The SMILES string of the molecule is C=CCOC(C)C(=O)OCC(=O)N1CCN(C(=O)c2ccc(F)c(F)c2)CC1. The average Bonchev–Trinajstić information content (AvgIpc) is 2.71. The van der Waals surface area contributed by atoms with Gasteiger partial charge in [-0.05, 0) is 25.1 Å². The van der Waals surface area contributed by atoms with Crippen LogP contribution in [-0.4, -0.2) is 73.1 Å². The van der Waals surface area contributed by atoms with Crippen LogP contribution < -0.4 is 0 Å². The number of esters is 1. The Labute approximate surface area is 161 Å². The molecule has 1 aromatic carbocycles.